The zero-order chi connectivity index (χ0) is 13.1. The number of rotatable bonds is 5. The van der Waals surface area contributed by atoms with Crippen LogP contribution in [0.25, 0.3) is 0 Å². The van der Waals surface area contributed by atoms with Gasteiger partial charge < -0.3 is 15.0 Å². The van der Waals surface area contributed by atoms with Gasteiger partial charge >= 0.3 is 0 Å². The number of ether oxygens (including phenoxy) is 1. The number of pyridine rings is 1. The van der Waals surface area contributed by atoms with Crippen molar-refractivity contribution in [2.24, 2.45) is 5.73 Å². The van der Waals surface area contributed by atoms with Crippen LogP contribution in [0.15, 0.2) is 10.9 Å². The van der Waals surface area contributed by atoms with E-state index in [0.717, 1.165) is 37.8 Å². The summed E-state index contributed by atoms with van der Waals surface area (Å²) in [4.78, 5) is 12.4. The number of hydrogen-bond acceptors (Lipinski definition) is 3. The van der Waals surface area contributed by atoms with Crippen molar-refractivity contribution in [2.75, 3.05) is 13.7 Å². The molecule has 1 atom stereocenters. The second-order valence-corrected chi connectivity index (χ2v) is 5.02. The van der Waals surface area contributed by atoms with E-state index in [1.807, 2.05) is 17.6 Å². The molecule has 2 N–H and O–H groups in total. The maximum atomic E-state index is 12.4. The summed E-state index contributed by atoms with van der Waals surface area (Å²) in [7, 11) is 1.69. The van der Waals surface area contributed by atoms with E-state index in [9.17, 15) is 4.79 Å². The Balaban J connectivity index is 2.39. The summed E-state index contributed by atoms with van der Waals surface area (Å²) in [5.41, 5.74) is 9.24. The highest BCUT2D eigenvalue weighted by Crippen LogP contribution is 2.22. The molecule has 0 spiro atoms. The van der Waals surface area contributed by atoms with Crippen molar-refractivity contribution in [3.8, 4) is 0 Å². The third-order valence-electron chi connectivity index (χ3n) is 3.60. The van der Waals surface area contributed by atoms with E-state index in [-0.39, 0.29) is 11.6 Å². The molecule has 1 aromatic heterocycles. The summed E-state index contributed by atoms with van der Waals surface area (Å²) in [5, 5.41) is 0. The van der Waals surface area contributed by atoms with Crippen molar-refractivity contribution in [1.29, 1.82) is 0 Å². The summed E-state index contributed by atoms with van der Waals surface area (Å²) < 4.78 is 6.98. The average molecular weight is 250 g/mol. The minimum absolute atomic E-state index is 0.0850. The van der Waals surface area contributed by atoms with Gasteiger partial charge in [-0.2, -0.15) is 0 Å². The smallest absolute Gasteiger partial charge is 0.255 e. The second kappa shape index (κ2) is 5.67. The van der Waals surface area contributed by atoms with Crippen molar-refractivity contribution in [2.45, 2.75) is 45.2 Å². The number of hydrogen-bond donors (Lipinski definition) is 1. The lowest BCUT2D eigenvalue weighted by atomic mass is 10.1. The van der Waals surface area contributed by atoms with Crippen molar-refractivity contribution in [1.82, 2.24) is 4.57 Å². The quantitative estimate of drug-likeness (QED) is 0.803. The number of aromatic nitrogens is 1. The van der Waals surface area contributed by atoms with Crippen LogP contribution in [0, 0.1) is 0 Å². The summed E-state index contributed by atoms with van der Waals surface area (Å²) in [6, 6.07) is 1.82. The van der Waals surface area contributed by atoms with Gasteiger partial charge in [0.05, 0.1) is 0 Å². The molecular weight excluding hydrogens is 228 g/mol. The number of aryl methyl sites for hydroxylation is 1. The van der Waals surface area contributed by atoms with Crippen molar-refractivity contribution < 1.29 is 4.74 Å². The van der Waals surface area contributed by atoms with E-state index in [1.165, 1.54) is 11.3 Å². The fourth-order valence-electron chi connectivity index (χ4n) is 2.67. The first kappa shape index (κ1) is 13.3. The van der Waals surface area contributed by atoms with Crippen LogP contribution >= 0.6 is 0 Å². The van der Waals surface area contributed by atoms with Gasteiger partial charge in [0.25, 0.3) is 5.56 Å². The van der Waals surface area contributed by atoms with Crippen LogP contribution in [0.1, 0.15) is 42.6 Å². The number of methoxy groups -OCH3 is 1. The summed E-state index contributed by atoms with van der Waals surface area (Å²) in [5.74, 6) is 0. The van der Waals surface area contributed by atoms with Gasteiger partial charge in [0, 0.05) is 37.6 Å². The fourth-order valence-corrected chi connectivity index (χ4v) is 2.67. The van der Waals surface area contributed by atoms with Gasteiger partial charge in [0.15, 0.2) is 0 Å². The molecule has 0 saturated heterocycles. The maximum absolute atomic E-state index is 12.4. The highest BCUT2D eigenvalue weighted by atomic mass is 16.5. The molecule has 1 aromatic rings. The summed E-state index contributed by atoms with van der Waals surface area (Å²) in [6.45, 7) is 3.29. The van der Waals surface area contributed by atoms with Crippen LogP contribution in [-0.2, 0) is 24.1 Å². The van der Waals surface area contributed by atoms with Gasteiger partial charge in [-0.15, -0.1) is 0 Å². The number of nitrogens with two attached hydrogens (primary N) is 1. The van der Waals surface area contributed by atoms with E-state index < -0.39 is 0 Å². The lowest BCUT2D eigenvalue weighted by molar-refractivity contribution is 0.189. The van der Waals surface area contributed by atoms with E-state index in [0.29, 0.717) is 6.61 Å². The Morgan fingerprint density at radius 2 is 2.28 bits per heavy atom. The standard InChI is InChI=1S/C14H22N2O2/c1-10(15)12-9-11-5-3-6-13(11)16(14(12)17)7-4-8-18-2/h9-10H,3-8,15H2,1-2H3. The zero-order valence-electron chi connectivity index (χ0n) is 11.2. The largest absolute Gasteiger partial charge is 0.385 e. The molecule has 0 aromatic carbocycles. The van der Waals surface area contributed by atoms with Crippen LogP contribution in [0.4, 0.5) is 0 Å². The molecule has 0 fully saturated rings. The Labute approximate surface area is 108 Å². The summed E-state index contributed by atoms with van der Waals surface area (Å²) in [6.07, 6.45) is 4.09. The van der Waals surface area contributed by atoms with Gasteiger partial charge in [-0.25, -0.2) is 0 Å². The molecule has 1 unspecified atom stereocenters. The highest BCUT2D eigenvalue weighted by molar-refractivity contribution is 5.31. The Kier molecular flexibility index (Phi) is 4.19. The van der Waals surface area contributed by atoms with Crippen molar-refractivity contribution in [3.63, 3.8) is 0 Å². The van der Waals surface area contributed by atoms with Crippen LogP contribution in [0.2, 0.25) is 0 Å². The Bertz CT molecular complexity index is 477. The van der Waals surface area contributed by atoms with Crippen LogP contribution in [-0.4, -0.2) is 18.3 Å². The lowest BCUT2D eigenvalue weighted by Gasteiger charge is -2.16. The topological polar surface area (TPSA) is 57.2 Å². The zero-order valence-corrected chi connectivity index (χ0v) is 11.2. The molecule has 0 radical (unpaired) electrons. The van der Waals surface area contributed by atoms with Gasteiger partial charge in [-0.1, -0.05) is 0 Å². The van der Waals surface area contributed by atoms with Gasteiger partial charge in [-0.3, -0.25) is 4.79 Å². The second-order valence-electron chi connectivity index (χ2n) is 5.02. The van der Waals surface area contributed by atoms with Gasteiger partial charge in [-0.05, 0) is 44.2 Å². The monoisotopic (exact) mass is 250 g/mol. The van der Waals surface area contributed by atoms with Gasteiger partial charge in [0.2, 0.25) is 0 Å². The Morgan fingerprint density at radius 3 is 2.94 bits per heavy atom. The minimum Gasteiger partial charge on any atom is -0.385 e. The molecule has 4 heteroatoms. The molecule has 100 valence electrons. The first-order chi connectivity index (χ1) is 8.65. The Hall–Kier alpha value is -1.13. The molecule has 1 aliphatic rings. The molecular formula is C14H22N2O2. The molecule has 1 aliphatic carbocycles. The molecule has 0 amide bonds. The first-order valence-corrected chi connectivity index (χ1v) is 6.65. The predicted molar refractivity (Wildman–Crippen MR) is 71.8 cm³/mol. The molecule has 4 nitrogen and oxygen atoms in total. The lowest BCUT2D eigenvalue weighted by Crippen LogP contribution is -2.30. The minimum atomic E-state index is -0.197. The molecule has 2 rings (SSSR count). The third-order valence-corrected chi connectivity index (χ3v) is 3.60. The normalized spacial score (nSPS) is 15.7. The third kappa shape index (κ3) is 2.49. The highest BCUT2D eigenvalue weighted by Gasteiger charge is 2.19. The molecule has 0 bridgehead atoms. The van der Waals surface area contributed by atoms with Gasteiger partial charge in [0.1, 0.15) is 0 Å². The predicted octanol–water partition coefficient (Wildman–Crippen LogP) is 1.39. The molecule has 0 saturated carbocycles. The summed E-state index contributed by atoms with van der Waals surface area (Å²) >= 11 is 0. The van der Waals surface area contributed by atoms with Crippen molar-refractivity contribution in [3.05, 3.63) is 33.2 Å². The van der Waals surface area contributed by atoms with E-state index in [1.54, 1.807) is 7.11 Å². The number of nitrogens with zero attached hydrogens (tertiary/aromatic N) is 1. The maximum Gasteiger partial charge on any atom is 0.255 e. The fraction of sp³-hybridized carbons (Fsp3) is 0.643. The average Bonchev–Trinajstić information content (AvgIpc) is 2.79. The van der Waals surface area contributed by atoms with Crippen LogP contribution in [0.5, 0.6) is 0 Å². The number of fused-ring (bicyclic) bond motifs is 1. The van der Waals surface area contributed by atoms with Crippen molar-refractivity contribution >= 4 is 0 Å². The molecule has 0 aliphatic heterocycles. The first-order valence-electron chi connectivity index (χ1n) is 6.65. The SMILES string of the molecule is COCCCn1c2c(cc(C(C)N)c1=O)CCC2. The van der Waals surface area contributed by atoms with Crippen LogP contribution < -0.4 is 11.3 Å². The van der Waals surface area contributed by atoms with E-state index in [4.69, 9.17) is 10.5 Å². The van der Waals surface area contributed by atoms with E-state index in [2.05, 4.69) is 0 Å². The molecule has 18 heavy (non-hydrogen) atoms. The Morgan fingerprint density at radius 1 is 1.50 bits per heavy atom. The van der Waals surface area contributed by atoms with Crippen LogP contribution in [0.3, 0.4) is 0 Å². The molecule has 1 heterocycles. The van der Waals surface area contributed by atoms with E-state index >= 15 is 0 Å².